The number of hydrogen-bond acceptors (Lipinski definition) is 3. The first-order chi connectivity index (χ1) is 11.0. The van der Waals surface area contributed by atoms with E-state index in [9.17, 15) is 27.6 Å². The Bertz CT molecular complexity index is 657. The number of carbonyl (C=O) groups is 2. The lowest BCUT2D eigenvalue weighted by atomic mass is 10.2. The van der Waals surface area contributed by atoms with E-state index in [0.29, 0.717) is 18.7 Å². The summed E-state index contributed by atoms with van der Waals surface area (Å²) in [5.74, 6) is -0.447. The molecule has 1 aromatic heterocycles. The van der Waals surface area contributed by atoms with Crippen LogP contribution in [0.15, 0.2) is 17.1 Å². The summed E-state index contributed by atoms with van der Waals surface area (Å²) in [5.41, 5.74) is -2.58. The van der Waals surface area contributed by atoms with Crippen LogP contribution in [-0.2, 0) is 11.0 Å². The van der Waals surface area contributed by atoms with E-state index in [-0.39, 0.29) is 6.04 Å². The highest BCUT2D eigenvalue weighted by molar-refractivity contribution is 5.93. The molecule has 7 nitrogen and oxygen atoms in total. The molecule has 3 amide bonds. The third-order valence-corrected chi connectivity index (χ3v) is 3.22. The van der Waals surface area contributed by atoms with Crippen LogP contribution >= 0.6 is 0 Å². The Morgan fingerprint density at radius 3 is 2.42 bits per heavy atom. The van der Waals surface area contributed by atoms with Gasteiger partial charge in [0.25, 0.3) is 5.56 Å². The van der Waals surface area contributed by atoms with Crippen molar-refractivity contribution in [3.8, 4) is 0 Å². The summed E-state index contributed by atoms with van der Waals surface area (Å²) >= 11 is 0. The molecule has 0 saturated carbocycles. The average Bonchev–Trinajstić information content (AvgIpc) is 2.47. The molecule has 134 valence electrons. The molecule has 0 spiro atoms. The zero-order valence-electron chi connectivity index (χ0n) is 13.4. The highest BCUT2D eigenvalue weighted by Crippen LogP contribution is 2.29. The lowest BCUT2D eigenvalue weighted by Gasteiger charge is -2.17. The number of rotatable bonds is 5. The molecule has 1 rings (SSSR count). The third-order valence-electron chi connectivity index (χ3n) is 3.22. The van der Waals surface area contributed by atoms with Gasteiger partial charge in [0.1, 0.15) is 11.7 Å². The molecule has 1 aromatic rings. The first-order valence-electron chi connectivity index (χ1n) is 7.22. The molecular formula is C14H19F3N4O3. The van der Waals surface area contributed by atoms with Gasteiger partial charge >= 0.3 is 12.2 Å². The first-order valence-corrected chi connectivity index (χ1v) is 7.22. The standard InChI is InChI=1S/C14H19F3N4O3/c1-4-7(2)19-11(22)8(3)20-13(24)21-10-5-9(14(15,16)17)6-18-12(10)23/h5-8H,4H2,1-3H3,(H,18,23)(H,19,22)(H2,20,21,24)/t7-,8+/m0/s1. The smallest absolute Gasteiger partial charge is 0.352 e. The summed E-state index contributed by atoms with van der Waals surface area (Å²) in [6.45, 7) is 5.07. The van der Waals surface area contributed by atoms with E-state index in [2.05, 4.69) is 10.6 Å². The Kier molecular flexibility index (Phi) is 6.38. The molecule has 1 heterocycles. The highest BCUT2D eigenvalue weighted by atomic mass is 19.4. The average molecular weight is 348 g/mol. The SMILES string of the molecule is CC[C@H](C)NC(=O)[C@@H](C)NC(=O)Nc1cc(C(F)(F)F)c[nH]c1=O. The van der Waals surface area contributed by atoms with E-state index in [0.717, 1.165) is 0 Å². The summed E-state index contributed by atoms with van der Waals surface area (Å²) in [6.07, 6.45) is -3.46. The van der Waals surface area contributed by atoms with Gasteiger partial charge in [0.2, 0.25) is 5.91 Å². The summed E-state index contributed by atoms with van der Waals surface area (Å²) < 4.78 is 37.8. The zero-order valence-corrected chi connectivity index (χ0v) is 13.4. The van der Waals surface area contributed by atoms with Crippen LogP contribution in [0.4, 0.5) is 23.7 Å². The number of carbonyl (C=O) groups excluding carboxylic acids is 2. The van der Waals surface area contributed by atoms with Crippen LogP contribution in [0.25, 0.3) is 0 Å². The van der Waals surface area contributed by atoms with Gasteiger partial charge in [0.15, 0.2) is 0 Å². The van der Waals surface area contributed by atoms with Gasteiger partial charge in [0, 0.05) is 12.2 Å². The topological polar surface area (TPSA) is 103 Å². The third kappa shape index (κ3) is 5.60. The lowest BCUT2D eigenvalue weighted by molar-refractivity contribution is -0.137. The summed E-state index contributed by atoms with van der Waals surface area (Å²) in [4.78, 5) is 36.9. The molecule has 0 aliphatic carbocycles. The summed E-state index contributed by atoms with van der Waals surface area (Å²) in [5, 5.41) is 6.89. The molecule has 0 unspecified atom stereocenters. The molecule has 0 aromatic carbocycles. The Labute approximate surface area is 136 Å². The maximum atomic E-state index is 12.6. The van der Waals surface area contributed by atoms with Crippen molar-refractivity contribution in [1.29, 1.82) is 0 Å². The van der Waals surface area contributed by atoms with E-state index in [1.807, 2.05) is 17.2 Å². The van der Waals surface area contributed by atoms with E-state index in [1.165, 1.54) is 6.92 Å². The number of hydrogen-bond donors (Lipinski definition) is 4. The van der Waals surface area contributed by atoms with Gasteiger partial charge in [-0.15, -0.1) is 0 Å². The number of pyridine rings is 1. The van der Waals surface area contributed by atoms with Crippen LogP contribution in [0.3, 0.4) is 0 Å². The van der Waals surface area contributed by atoms with Crippen molar-refractivity contribution in [2.75, 3.05) is 5.32 Å². The normalized spacial score (nSPS) is 13.8. The number of anilines is 1. The van der Waals surface area contributed by atoms with Crippen LogP contribution in [0.1, 0.15) is 32.8 Å². The Morgan fingerprint density at radius 2 is 1.88 bits per heavy atom. The maximum Gasteiger partial charge on any atom is 0.417 e. The van der Waals surface area contributed by atoms with Crippen molar-refractivity contribution in [2.24, 2.45) is 0 Å². The molecular weight excluding hydrogens is 329 g/mol. The summed E-state index contributed by atoms with van der Waals surface area (Å²) in [6, 6.07) is -1.46. The number of nitrogens with one attached hydrogen (secondary N) is 4. The van der Waals surface area contributed by atoms with Crippen molar-refractivity contribution in [1.82, 2.24) is 15.6 Å². The van der Waals surface area contributed by atoms with Crippen LogP contribution in [0.2, 0.25) is 0 Å². The highest BCUT2D eigenvalue weighted by Gasteiger charge is 2.31. The van der Waals surface area contributed by atoms with Gasteiger partial charge in [-0.2, -0.15) is 13.2 Å². The van der Waals surface area contributed by atoms with E-state index in [4.69, 9.17) is 0 Å². The molecule has 0 saturated heterocycles. The van der Waals surface area contributed by atoms with Gasteiger partial charge < -0.3 is 20.9 Å². The van der Waals surface area contributed by atoms with E-state index in [1.54, 1.807) is 6.92 Å². The summed E-state index contributed by atoms with van der Waals surface area (Å²) in [7, 11) is 0. The van der Waals surface area contributed by atoms with Crippen LogP contribution in [0, 0.1) is 0 Å². The second-order valence-electron chi connectivity index (χ2n) is 5.27. The molecule has 2 atom stereocenters. The van der Waals surface area contributed by atoms with Crippen molar-refractivity contribution in [3.63, 3.8) is 0 Å². The van der Waals surface area contributed by atoms with Crippen molar-refractivity contribution < 1.29 is 22.8 Å². The molecule has 0 fully saturated rings. The van der Waals surface area contributed by atoms with Gasteiger partial charge in [-0.25, -0.2) is 4.79 Å². The van der Waals surface area contributed by atoms with Gasteiger partial charge in [-0.05, 0) is 26.3 Å². The fraction of sp³-hybridized carbons (Fsp3) is 0.500. The van der Waals surface area contributed by atoms with Gasteiger partial charge in [-0.1, -0.05) is 6.92 Å². The molecule has 0 aliphatic heterocycles. The fourth-order valence-electron chi connectivity index (χ4n) is 1.63. The van der Waals surface area contributed by atoms with Crippen molar-refractivity contribution in [3.05, 3.63) is 28.2 Å². The Morgan fingerprint density at radius 1 is 1.25 bits per heavy atom. The second kappa shape index (κ2) is 7.84. The Hall–Kier alpha value is -2.52. The minimum atomic E-state index is -4.67. The molecule has 0 bridgehead atoms. The number of H-pyrrole nitrogens is 1. The monoisotopic (exact) mass is 348 g/mol. The number of urea groups is 1. The minimum Gasteiger partial charge on any atom is -0.352 e. The lowest BCUT2D eigenvalue weighted by Crippen LogP contribution is -2.48. The van der Waals surface area contributed by atoms with Gasteiger partial charge in [0.05, 0.1) is 5.56 Å². The minimum absolute atomic E-state index is 0.0869. The zero-order chi connectivity index (χ0) is 18.5. The van der Waals surface area contributed by atoms with Crippen molar-refractivity contribution in [2.45, 2.75) is 45.5 Å². The van der Waals surface area contributed by atoms with Crippen LogP contribution in [0.5, 0.6) is 0 Å². The number of alkyl halides is 3. The fourth-order valence-corrected chi connectivity index (χ4v) is 1.63. The predicted molar refractivity (Wildman–Crippen MR) is 81.6 cm³/mol. The number of aromatic amines is 1. The van der Waals surface area contributed by atoms with Crippen LogP contribution in [-0.4, -0.2) is 29.0 Å². The molecule has 0 aliphatic rings. The van der Waals surface area contributed by atoms with E-state index >= 15 is 0 Å². The number of aromatic nitrogens is 1. The van der Waals surface area contributed by atoms with Gasteiger partial charge in [-0.3, -0.25) is 9.59 Å². The molecule has 10 heteroatoms. The van der Waals surface area contributed by atoms with Crippen molar-refractivity contribution >= 4 is 17.6 Å². The van der Waals surface area contributed by atoms with Crippen LogP contribution < -0.4 is 21.5 Å². The Balaban J connectivity index is 2.75. The second-order valence-corrected chi connectivity index (χ2v) is 5.27. The predicted octanol–water partition coefficient (Wildman–Crippen LogP) is 1.82. The maximum absolute atomic E-state index is 12.6. The quantitative estimate of drug-likeness (QED) is 0.652. The molecule has 24 heavy (non-hydrogen) atoms. The largest absolute Gasteiger partial charge is 0.417 e. The van der Waals surface area contributed by atoms with E-state index < -0.39 is 41.0 Å². The first kappa shape index (κ1) is 19.5. The molecule has 0 radical (unpaired) electrons. The number of amides is 3. The number of halogens is 3. The molecule has 4 N–H and O–H groups in total.